The molecule has 1 aliphatic heterocycles. The first kappa shape index (κ1) is 48.0. The highest BCUT2D eigenvalue weighted by Gasteiger charge is 2.78. The van der Waals surface area contributed by atoms with E-state index in [1.54, 1.807) is 92.7 Å². The van der Waals surface area contributed by atoms with Crippen LogP contribution in [0.1, 0.15) is 86.7 Å². The summed E-state index contributed by atoms with van der Waals surface area (Å²) in [6.45, 7) is 7.85. The van der Waals surface area contributed by atoms with Gasteiger partial charge in [0.25, 0.3) is 5.91 Å². The van der Waals surface area contributed by atoms with Gasteiger partial charge in [-0.2, -0.15) is 0 Å². The largest absolute Gasteiger partial charge is 0.455 e. The van der Waals surface area contributed by atoms with Crippen LogP contribution >= 0.6 is 11.6 Å². The molecule has 3 fully saturated rings. The van der Waals surface area contributed by atoms with Crippen LogP contribution in [-0.2, 0) is 52.4 Å². The molecule has 3 unspecified atom stereocenters. The number of esters is 5. The van der Waals surface area contributed by atoms with E-state index in [1.807, 2.05) is 0 Å². The molecular formula is C49H52ClNO15. The van der Waals surface area contributed by atoms with Crippen LogP contribution in [0.5, 0.6) is 0 Å². The minimum Gasteiger partial charge on any atom is -0.455 e. The second kappa shape index (κ2) is 18.4. The summed E-state index contributed by atoms with van der Waals surface area (Å²) in [5.41, 5.74) is -7.38. The first-order valence-electron chi connectivity index (χ1n) is 21.5. The number of hydrogen-bond acceptors (Lipinski definition) is 15. The predicted molar refractivity (Wildman–Crippen MR) is 232 cm³/mol. The molecule has 0 aromatic heterocycles. The molecule has 11 atom stereocenters. The highest BCUT2D eigenvalue weighted by molar-refractivity contribution is 6.26. The summed E-state index contributed by atoms with van der Waals surface area (Å²) >= 11 is 5.91. The van der Waals surface area contributed by atoms with Crippen LogP contribution in [0.4, 0.5) is 0 Å². The first-order chi connectivity index (χ1) is 31.2. The Morgan fingerprint density at radius 2 is 1.44 bits per heavy atom. The van der Waals surface area contributed by atoms with E-state index in [1.165, 1.54) is 26.0 Å². The number of aliphatic hydroxyl groups is 2. The molecule has 3 N–H and O–H groups in total. The molecule has 1 amide bonds. The van der Waals surface area contributed by atoms with Gasteiger partial charge in [-0.15, -0.1) is 11.6 Å². The van der Waals surface area contributed by atoms with E-state index in [0.717, 1.165) is 13.8 Å². The van der Waals surface area contributed by atoms with E-state index < -0.39 is 124 Å². The maximum atomic E-state index is 15.6. The van der Waals surface area contributed by atoms with Gasteiger partial charge in [-0.05, 0) is 54.8 Å². The number of ketones is 1. The second-order valence-corrected chi connectivity index (χ2v) is 18.2. The third-order valence-electron chi connectivity index (χ3n) is 13.8. The molecule has 2 bridgehead atoms. The Bertz CT molecular complexity index is 2430. The Hall–Kier alpha value is -5.94. The van der Waals surface area contributed by atoms with Crippen molar-refractivity contribution in [2.45, 2.75) is 108 Å². The molecule has 0 spiro atoms. The number of alkyl halides is 1. The minimum absolute atomic E-state index is 0.0401. The van der Waals surface area contributed by atoms with Crippen molar-refractivity contribution in [1.82, 2.24) is 5.32 Å². The van der Waals surface area contributed by atoms with Crippen LogP contribution in [0.3, 0.4) is 0 Å². The number of ether oxygens (including phenoxy) is 6. The number of carbonyl (C=O) groups excluding carboxylic acids is 7. The van der Waals surface area contributed by atoms with Crippen LogP contribution < -0.4 is 5.32 Å². The number of carbonyl (C=O) groups is 7. The zero-order valence-electron chi connectivity index (χ0n) is 37.2. The zero-order valence-corrected chi connectivity index (χ0v) is 37.9. The SMILES string of the molecule is CC(=O)O[C@H]1C(=O)[C@@]2(C)C(C(OC(=O)c3ccccc3)[C@]3(O)C[C@H](OC(=O)[C@H](OC(=O)CCl)[C@@H](NC(=O)c4ccccc4)c4ccccc4)C(C)=C1C3(C)C)[C@]1(OC(C)=O)COC1C[C@@H]2O. The molecule has 1 saturated heterocycles. The number of hydrogen-bond donors (Lipinski definition) is 3. The first-order valence-corrected chi connectivity index (χ1v) is 22.0. The van der Waals surface area contributed by atoms with Crippen molar-refractivity contribution in [3.63, 3.8) is 0 Å². The molecule has 3 aliphatic carbocycles. The van der Waals surface area contributed by atoms with Crippen LogP contribution in [0.15, 0.2) is 102 Å². The maximum absolute atomic E-state index is 15.6. The Morgan fingerprint density at radius 1 is 0.848 bits per heavy atom. The van der Waals surface area contributed by atoms with Crippen molar-refractivity contribution in [2.24, 2.45) is 16.7 Å². The van der Waals surface area contributed by atoms with Crippen molar-refractivity contribution >= 4 is 53.1 Å². The standard InChI is InChI=1S/C49H52ClNO15/c1-26-32(63-45(59)39(64-35(55)24-50)37(29-16-10-7-11-17-29)51-43(57)30-18-12-8-13-19-30)23-49(60)42(65-44(58)31-20-14-9-15-21-31)40-47(6,33(54)22-34-48(40,25-61-34)66-28(3)53)41(56)38(62-27(2)52)36(26)46(49,4)5/h7-21,32-34,37-40,42,54,60H,22-25H2,1-6H3,(H,51,57)/t32-,33-,34?,37-,38+,39+,40?,42?,47+,48-,49+/m0/s1. The molecule has 3 aromatic rings. The van der Waals surface area contributed by atoms with Gasteiger partial charge in [0.15, 0.2) is 17.5 Å². The van der Waals surface area contributed by atoms with Crippen molar-refractivity contribution in [2.75, 3.05) is 12.5 Å². The molecule has 3 aromatic carbocycles. The predicted octanol–water partition coefficient (Wildman–Crippen LogP) is 4.53. The van der Waals surface area contributed by atoms with Gasteiger partial charge in [-0.3, -0.25) is 24.0 Å². The fourth-order valence-corrected chi connectivity index (χ4v) is 10.5. The third-order valence-corrected chi connectivity index (χ3v) is 14.0. The lowest BCUT2D eigenvalue weighted by molar-refractivity contribution is -0.346. The molecule has 2 saturated carbocycles. The number of Topliss-reactive ketones (excluding diaryl/α,β-unsaturated/α-hetero) is 1. The number of benzene rings is 3. The summed E-state index contributed by atoms with van der Waals surface area (Å²) in [6.07, 6.45) is -10.7. The van der Waals surface area contributed by atoms with Crippen molar-refractivity contribution < 1.29 is 72.2 Å². The van der Waals surface area contributed by atoms with Crippen LogP contribution in [0.25, 0.3) is 0 Å². The van der Waals surface area contributed by atoms with Crippen LogP contribution in [-0.4, -0.2) is 112 Å². The van der Waals surface area contributed by atoms with Gasteiger partial charge in [0.2, 0.25) is 6.10 Å². The number of aliphatic hydroxyl groups excluding tert-OH is 1. The molecule has 16 nitrogen and oxygen atoms in total. The van der Waals surface area contributed by atoms with Crippen LogP contribution in [0.2, 0.25) is 0 Å². The quantitative estimate of drug-likeness (QED) is 0.0982. The molecule has 350 valence electrons. The van der Waals surface area contributed by atoms with E-state index in [4.69, 9.17) is 40.0 Å². The maximum Gasteiger partial charge on any atom is 0.350 e. The minimum atomic E-state index is -2.45. The average Bonchev–Trinajstić information content (AvgIpc) is 3.28. The monoisotopic (exact) mass is 929 g/mol. The van der Waals surface area contributed by atoms with Gasteiger partial charge in [0, 0.05) is 37.7 Å². The molecular weight excluding hydrogens is 878 g/mol. The molecule has 17 heteroatoms. The second-order valence-electron chi connectivity index (χ2n) is 18.0. The number of fused-ring (bicyclic) bond motifs is 5. The summed E-state index contributed by atoms with van der Waals surface area (Å²) in [4.78, 5) is 97.8. The Kier molecular flexibility index (Phi) is 13.4. The lowest BCUT2D eigenvalue weighted by atomic mass is 9.44. The fourth-order valence-electron chi connectivity index (χ4n) is 10.5. The van der Waals surface area contributed by atoms with Crippen molar-refractivity contribution in [3.05, 3.63) is 119 Å². The summed E-state index contributed by atoms with van der Waals surface area (Å²) in [5, 5.41) is 28.7. The van der Waals surface area contributed by atoms with Gasteiger partial charge in [-0.25, -0.2) is 9.59 Å². The van der Waals surface area contributed by atoms with E-state index in [2.05, 4.69) is 5.32 Å². The summed E-state index contributed by atoms with van der Waals surface area (Å²) in [7, 11) is 0. The molecule has 66 heavy (non-hydrogen) atoms. The average molecular weight is 930 g/mol. The van der Waals surface area contributed by atoms with E-state index in [-0.39, 0.29) is 35.3 Å². The molecule has 7 rings (SSSR count). The van der Waals surface area contributed by atoms with Gasteiger partial charge in [0.05, 0.1) is 29.6 Å². The number of amides is 1. The van der Waals surface area contributed by atoms with Gasteiger partial charge in [-0.1, -0.05) is 80.6 Å². The summed E-state index contributed by atoms with van der Waals surface area (Å²) < 4.78 is 36.2. The van der Waals surface area contributed by atoms with E-state index >= 15 is 4.79 Å². The smallest absolute Gasteiger partial charge is 0.350 e. The van der Waals surface area contributed by atoms with Gasteiger partial charge < -0.3 is 44.0 Å². The Morgan fingerprint density at radius 3 is 1.98 bits per heavy atom. The number of halogens is 1. The normalized spacial score (nSPS) is 30.5. The molecule has 0 radical (unpaired) electrons. The topological polar surface area (TPSA) is 227 Å². The number of nitrogens with one attached hydrogen (secondary N) is 1. The molecule has 1 heterocycles. The number of rotatable bonds is 12. The summed E-state index contributed by atoms with van der Waals surface area (Å²) in [5.74, 6) is -8.76. The van der Waals surface area contributed by atoms with Crippen molar-refractivity contribution in [1.29, 1.82) is 0 Å². The third kappa shape index (κ3) is 8.28. The highest BCUT2D eigenvalue weighted by Crippen LogP contribution is 2.64. The Balaban J connectivity index is 1.42. The lowest BCUT2D eigenvalue weighted by Gasteiger charge is -2.67. The summed E-state index contributed by atoms with van der Waals surface area (Å²) in [6, 6.07) is 22.6. The fraction of sp³-hybridized carbons (Fsp3) is 0.449. The van der Waals surface area contributed by atoms with Crippen LogP contribution in [0, 0.1) is 16.7 Å². The lowest BCUT2D eigenvalue weighted by Crippen LogP contribution is -2.82. The van der Waals surface area contributed by atoms with E-state index in [9.17, 15) is 39.0 Å². The molecule has 4 aliphatic rings. The van der Waals surface area contributed by atoms with Crippen molar-refractivity contribution in [3.8, 4) is 0 Å². The van der Waals surface area contributed by atoms with Gasteiger partial charge in [0.1, 0.15) is 35.8 Å². The Labute approximate surface area is 385 Å². The van der Waals surface area contributed by atoms with Gasteiger partial charge >= 0.3 is 29.8 Å². The van der Waals surface area contributed by atoms with E-state index in [0.29, 0.717) is 5.56 Å². The highest BCUT2D eigenvalue weighted by atomic mass is 35.5. The zero-order chi connectivity index (χ0) is 47.9.